The molecule has 132 valence electrons. The number of benzene rings is 3. The van der Waals surface area contributed by atoms with Gasteiger partial charge in [-0.05, 0) is 35.2 Å². The van der Waals surface area contributed by atoms with E-state index in [0.717, 1.165) is 16.7 Å². The Morgan fingerprint density at radius 3 is 1.88 bits per heavy atom. The molecule has 0 atom stereocenters. The van der Waals surface area contributed by atoms with E-state index in [1.807, 2.05) is 60.7 Å². The summed E-state index contributed by atoms with van der Waals surface area (Å²) in [7, 11) is 0. The Kier molecular flexibility index (Phi) is 5.99. The standard InChI is InChI=1S/C22H21FN2O/c23-20-13-11-17(12-14-20)15-16-24-22(26)25-21(18-7-3-1-4-8-18)19-9-5-2-6-10-19/h1-14,21H,15-16H2,(H2,24,25,26). The highest BCUT2D eigenvalue weighted by molar-refractivity contribution is 5.75. The van der Waals surface area contributed by atoms with Gasteiger partial charge in [0.2, 0.25) is 0 Å². The molecule has 3 nitrogen and oxygen atoms in total. The van der Waals surface area contributed by atoms with E-state index in [2.05, 4.69) is 10.6 Å². The van der Waals surface area contributed by atoms with Gasteiger partial charge >= 0.3 is 6.03 Å². The summed E-state index contributed by atoms with van der Waals surface area (Å²) in [6.07, 6.45) is 0.648. The van der Waals surface area contributed by atoms with Crippen LogP contribution in [0.2, 0.25) is 0 Å². The molecule has 0 fully saturated rings. The summed E-state index contributed by atoms with van der Waals surface area (Å²) in [5, 5.41) is 5.91. The molecule has 0 unspecified atom stereocenters. The highest BCUT2D eigenvalue weighted by Gasteiger charge is 2.16. The summed E-state index contributed by atoms with van der Waals surface area (Å²) in [6, 6.07) is 25.6. The van der Waals surface area contributed by atoms with Crippen LogP contribution in [-0.4, -0.2) is 12.6 Å². The number of rotatable bonds is 6. The van der Waals surface area contributed by atoms with E-state index in [4.69, 9.17) is 0 Å². The van der Waals surface area contributed by atoms with Gasteiger partial charge in [-0.15, -0.1) is 0 Å². The van der Waals surface area contributed by atoms with Crippen LogP contribution < -0.4 is 10.6 Å². The van der Waals surface area contributed by atoms with Crippen molar-refractivity contribution in [2.24, 2.45) is 0 Å². The van der Waals surface area contributed by atoms with E-state index >= 15 is 0 Å². The maximum atomic E-state index is 12.9. The fourth-order valence-electron chi connectivity index (χ4n) is 2.80. The van der Waals surface area contributed by atoms with Crippen molar-refractivity contribution in [3.8, 4) is 0 Å². The first-order valence-corrected chi connectivity index (χ1v) is 8.61. The topological polar surface area (TPSA) is 41.1 Å². The van der Waals surface area contributed by atoms with Crippen LogP contribution in [0.4, 0.5) is 9.18 Å². The average molecular weight is 348 g/mol. The van der Waals surface area contributed by atoms with E-state index in [9.17, 15) is 9.18 Å². The highest BCUT2D eigenvalue weighted by Crippen LogP contribution is 2.21. The maximum absolute atomic E-state index is 12.9. The molecule has 0 aliphatic rings. The average Bonchev–Trinajstić information content (AvgIpc) is 2.69. The number of nitrogens with one attached hydrogen (secondary N) is 2. The minimum atomic E-state index is -0.256. The van der Waals surface area contributed by atoms with Gasteiger partial charge < -0.3 is 10.6 Å². The number of hydrogen-bond acceptors (Lipinski definition) is 1. The predicted molar refractivity (Wildman–Crippen MR) is 101 cm³/mol. The Hall–Kier alpha value is -3.14. The van der Waals surface area contributed by atoms with Crippen molar-refractivity contribution in [3.63, 3.8) is 0 Å². The van der Waals surface area contributed by atoms with Crippen LogP contribution in [0.25, 0.3) is 0 Å². The lowest BCUT2D eigenvalue weighted by molar-refractivity contribution is 0.239. The van der Waals surface area contributed by atoms with Crippen molar-refractivity contribution in [3.05, 3.63) is 107 Å². The van der Waals surface area contributed by atoms with Crippen LogP contribution in [0.3, 0.4) is 0 Å². The van der Waals surface area contributed by atoms with Gasteiger partial charge in [0.05, 0.1) is 6.04 Å². The molecule has 0 aliphatic carbocycles. The van der Waals surface area contributed by atoms with Crippen LogP contribution in [0.5, 0.6) is 0 Å². The minimum absolute atomic E-state index is 0.219. The Morgan fingerprint density at radius 2 is 1.35 bits per heavy atom. The van der Waals surface area contributed by atoms with Crippen LogP contribution in [0.15, 0.2) is 84.9 Å². The second kappa shape index (κ2) is 8.81. The van der Waals surface area contributed by atoms with E-state index in [1.165, 1.54) is 12.1 Å². The Labute approximate surface area is 152 Å². The maximum Gasteiger partial charge on any atom is 0.315 e. The summed E-state index contributed by atoms with van der Waals surface area (Å²) >= 11 is 0. The summed E-state index contributed by atoms with van der Waals surface area (Å²) in [4.78, 5) is 12.4. The van der Waals surface area contributed by atoms with Crippen LogP contribution in [0, 0.1) is 5.82 Å². The molecule has 0 radical (unpaired) electrons. The lowest BCUT2D eigenvalue weighted by Gasteiger charge is -2.20. The van der Waals surface area contributed by atoms with Gasteiger partial charge in [-0.3, -0.25) is 0 Å². The summed E-state index contributed by atoms with van der Waals surface area (Å²) in [6.45, 7) is 0.480. The van der Waals surface area contributed by atoms with Crippen LogP contribution >= 0.6 is 0 Å². The molecule has 0 aromatic heterocycles. The van der Waals surface area contributed by atoms with Gasteiger partial charge in [0.15, 0.2) is 0 Å². The van der Waals surface area contributed by atoms with Gasteiger partial charge in [-0.2, -0.15) is 0 Å². The molecule has 0 heterocycles. The monoisotopic (exact) mass is 348 g/mol. The Balaban J connectivity index is 1.61. The molecule has 3 rings (SSSR count). The Bertz CT molecular complexity index is 780. The minimum Gasteiger partial charge on any atom is -0.338 e. The number of halogens is 1. The highest BCUT2D eigenvalue weighted by atomic mass is 19.1. The van der Waals surface area contributed by atoms with Gasteiger partial charge in [-0.1, -0.05) is 72.8 Å². The quantitative estimate of drug-likeness (QED) is 0.679. The first-order chi connectivity index (χ1) is 12.7. The van der Waals surface area contributed by atoms with Crippen molar-refractivity contribution < 1.29 is 9.18 Å². The Morgan fingerprint density at radius 1 is 0.808 bits per heavy atom. The molecule has 0 saturated carbocycles. The fraction of sp³-hybridized carbons (Fsp3) is 0.136. The van der Waals surface area contributed by atoms with Crippen molar-refractivity contribution in [2.45, 2.75) is 12.5 Å². The van der Waals surface area contributed by atoms with Gasteiger partial charge in [-0.25, -0.2) is 9.18 Å². The largest absolute Gasteiger partial charge is 0.338 e. The number of carbonyl (C=O) groups is 1. The molecule has 2 N–H and O–H groups in total. The smallest absolute Gasteiger partial charge is 0.315 e. The molecule has 26 heavy (non-hydrogen) atoms. The lowest BCUT2D eigenvalue weighted by Crippen LogP contribution is -2.39. The van der Waals surface area contributed by atoms with Crippen molar-refractivity contribution in [1.82, 2.24) is 10.6 Å². The molecule has 0 bridgehead atoms. The fourth-order valence-corrected chi connectivity index (χ4v) is 2.80. The van der Waals surface area contributed by atoms with Crippen LogP contribution in [-0.2, 0) is 6.42 Å². The van der Waals surface area contributed by atoms with E-state index < -0.39 is 0 Å². The third-order valence-electron chi connectivity index (χ3n) is 4.15. The number of carbonyl (C=O) groups excluding carboxylic acids is 1. The van der Waals surface area contributed by atoms with Crippen molar-refractivity contribution >= 4 is 6.03 Å². The zero-order valence-corrected chi connectivity index (χ0v) is 14.4. The molecule has 0 spiro atoms. The number of amides is 2. The normalized spacial score (nSPS) is 10.5. The van der Waals surface area contributed by atoms with Crippen LogP contribution in [0.1, 0.15) is 22.7 Å². The molecular formula is C22H21FN2O. The van der Waals surface area contributed by atoms with Gasteiger partial charge in [0, 0.05) is 6.54 Å². The molecule has 0 saturated heterocycles. The summed E-state index contributed by atoms with van der Waals surface area (Å²) < 4.78 is 12.9. The molecular weight excluding hydrogens is 327 g/mol. The zero-order valence-electron chi connectivity index (χ0n) is 14.4. The first-order valence-electron chi connectivity index (χ1n) is 8.61. The predicted octanol–water partition coefficient (Wildman–Crippen LogP) is 4.46. The number of urea groups is 1. The molecule has 0 aliphatic heterocycles. The second-order valence-corrected chi connectivity index (χ2v) is 6.03. The second-order valence-electron chi connectivity index (χ2n) is 6.03. The molecule has 2 amide bonds. The third kappa shape index (κ3) is 4.93. The van der Waals surface area contributed by atoms with Crippen molar-refractivity contribution in [2.75, 3.05) is 6.54 Å². The third-order valence-corrected chi connectivity index (χ3v) is 4.15. The zero-order chi connectivity index (χ0) is 18.2. The van der Waals surface area contributed by atoms with Crippen molar-refractivity contribution in [1.29, 1.82) is 0 Å². The molecule has 3 aromatic rings. The molecule has 3 aromatic carbocycles. The van der Waals surface area contributed by atoms with E-state index in [1.54, 1.807) is 12.1 Å². The van der Waals surface area contributed by atoms with Gasteiger partial charge in [0.25, 0.3) is 0 Å². The van der Waals surface area contributed by atoms with E-state index in [-0.39, 0.29) is 17.9 Å². The SMILES string of the molecule is O=C(NCCc1ccc(F)cc1)NC(c1ccccc1)c1ccccc1. The first kappa shape index (κ1) is 17.7. The summed E-state index contributed by atoms with van der Waals surface area (Å²) in [5.41, 5.74) is 3.02. The number of hydrogen-bond donors (Lipinski definition) is 2. The summed E-state index contributed by atoms with van der Waals surface area (Å²) in [5.74, 6) is -0.256. The lowest BCUT2D eigenvalue weighted by atomic mass is 9.99. The van der Waals surface area contributed by atoms with E-state index in [0.29, 0.717) is 13.0 Å². The van der Waals surface area contributed by atoms with Gasteiger partial charge in [0.1, 0.15) is 5.82 Å². The molecule has 4 heteroatoms.